The second kappa shape index (κ2) is 7.24. The quantitative estimate of drug-likeness (QED) is 0.731. The van der Waals surface area contributed by atoms with Crippen LogP contribution in [0.2, 0.25) is 0 Å². The first-order valence-electron chi connectivity index (χ1n) is 7.29. The van der Waals surface area contributed by atoms with Crippen LogP contribution in [0, 0.1) is 11.3 Å². The molecule has 0 spiro atoms. The second-order valence-electron chi connectivity index (χ2n) is 5.24. The van der Waals surface area contributed by atoms with Crippen LogP contribution in [0.15, 0.2) is 79.1 Å². The number of allylic oxidation sites excluding steroid dienone is 6. The monoisotopic (exact) mass is 301 g/mol. The molecule has 1 aromatic heterocycles. The molecular formula is C20H19N3. The van der Waals surface area contributed by atoms with E-state index in [1.54, 1.807) is 10.8 Å². The van der Waals surface area contributed by atoms with Gasteiger partial charge in [-0.25, -0.2) is 4.68 Å². The van der Waals surface area contributed by atoms with Crippen molar-refractivity contribution in [3.8, 4) is 17.2 Å². The smallest absolute Gasteiger partial charge is 0.170 e. The zero-order valence-corrected chi connectivity index (χ0v) is 13.5. The van der Waals surface area contributed by atoms with Crippen LogP contribution in [-0.2, 0) is 0 Å². The number of hydrogen-bond donors (Lipinski definition) is 0. The van der Waals surface area contributed by atoms with E-state index in [0.717, 1.165) is 28.0 Å². The number of nitrogens with zero attached hydrogens (tertiary/aromatic N) is 3. The topological polar surface area (TPSA) is 41.6 Å². The van der Waals surface area contributed by atoms with Crippen LogP contribution in [-0.4, -0.2) is 9.78 Å². The molecule has 0 bridgehead atoms. The Balaban J connectivity index is 2.48. The number of benzene rings is 1. The Hall–Kier alpha value is -3.12. The lowest BCUT2D eigenvalue weighted by molar-refractivity contribution is 0.887. The summed E-state index contributed by atoms with van der Waals surface area (Å²) in [6.45, 7) is 11.6. The molecule has 3 nitrogen and oxygen atoms in total. The summed E-state index contributed by atoms with van der Waals surface area (Å²) in [5, 5.41) is 13.7. The highest BCUT2D eigenvalue weighted by Crippen LogP contribution is 2.24. The van der Waals surface area contributed by atoms with Gasteiger partial charge in [-0.05, 0) is 31.1 Å². The number of hydrogen-bond acceptors (Lipinski definition) is 2. The molecule has 0 unspecified atom stereocenters. The molecule has 0 saturated heterocycles. The summed E-state index contributed by atoms with van der Waals surface area (Å²) in [7, 11) is 0. The van der Waals surface area contributed by atoms with Crippen molar-refractivity contribution in [2.24, 2.45) is 0 Å². The maximum atomic E-state index is 9.35. The molecule has 1 aromatic carbocycles. The lowest BCUT2D eigenvalue weighted by Gasteiger charge is -2.04. The lowest BCUT2D eigenvalue weighted by Crippen LogP contribution is -1.95. The van der Waals surface area contributed by atoms with E-state index in [-0.39, 0.29) is 0 Å². The van der Waals surface area contributed by atoms with Crippen LogP contribution >= 0.6 is 0 Å². The molecule has 23 heavy (non-hydrogen) atoms. The fraction of sp³-hybridized carbons (Fsp3) is 0.100. The van der Waals surface area contributed by atoms with Gasteiger partial charge in [0.15, 0.2) is 5.69 Å². The van der Waals surface area contributed by atoms with E-state index < -0.39 is 0 Å². The summed E-state index contributed by atoms with van der Waals surface area (Å²) in [6, 6.07) is 11.9. The largest absolute Gasteiger partial charge is 0.243 e. The minimum atomic E-state index is 0.411. The van der Waals surface area contributed by atoms with Crippen LogP contribution in [0.5, 0.6) is 0 Å². The summed E-state index contributed by atoms with van der Waals surface area (Å²) in [5.74, 6) is 0. The Labute approximate surface area is 137 Å². The highest BCUT2D eigenvalue weighted by Gasteiger charge is 2.11. The average molecular weight is 301 g/mol. The van der Waals surface area contributed by atoms with Gasteiger partial charge in [-0.1, -0.05) is 61.2 Å². The van der Waals surface area contributed by atoms with Gasteiger partial charge in [0.1, 0.15) is 6.07 Å². The maximum absolute atomic E-state index is 9.35. The SMILES string of the molecule is C=C/C=C(\C=C(/C)n1cc(-c2ccccc2)c(C#N)n1)C(=C)C. The fourth-order valence-electron chi connectivity index (χ4n) is 2.20. The lowest BCUT2D eigenvalue weighted by atomic mass is 10.1. The number of aromatic nitrogens is 2. The second-order valence-corrected chi connectivity index (χ2v) is 5.24. The van der Waals surface area contributed by atoms with Crippen molar-refractivity contribution in [3.63, 3.8) is 0 Å². The van der Waals surface area contributed by atoms with Gasteiger partial charge in [0.2, 0.25) is 0 Å². The molecule has 0 aliphatic heterocycles. The molecule has 2 rings (SSSR count). The molecule has 0 N–H and O–H groups in total. The van der Waals surface area contributed by atoms with Crippen molar-refractivity contribution in [2.75, 3.05) is 0 Å². The number of rotatable bonds is 5. The summed E-state index contributed by atoms with van der Waals surface area (Å²) < 4.78 is 1.72. The Bertz CT molecular complexity index is 828. The zero-order valence-electron chi connectivity index (χ0n) is 13.5. The third kappa shape index (κ3) is 3.75. The van der Waals surface area contributed by atoms with Gasteiger partial charge in [-0.2, -0.15) is 10.4 Å². The summed E-state index contributed by atoms with van der Waals surface area (Å²) >= 11 is 0. The van der Waals surface area contributed by atoms with E-state index in [9.17, 15) is 5.26 Å². The Kier molecular flexibility index (Phi) is 5.11. The van der Waals surface area contributed by atoms with Gasteiger partial charge in [0.05, 0.1) is 0 Å². The van der Waals surface area contributed by atoms with Gasteiger partial charge in [-0.15, -0.1) is 0 Å². The molecule has 0 aliphatic rings. The third-order valence-corrected chi connectivity index (χ3v) is 3.42. The highest BCUT2D eigenvalue weighted by molar-refractivity contribution is 5.69. The number of nitriles is 1. The Morgan fingerprint density at radius 2 is 1.96 bits per heavy atom. The molecule has 0 amide bonds. The standard InChI is InChI=1S/C20H19N3/c1-5-9-18(15(2)3)12-16(4)23-14-19(20(13-21)22-23)17-10-7-6-8-11-17/h5-12,14H,1-2H2,3-4H3/b16-12+,18-9+. The van der Waals surface area contributed by atoms with Gasteiger partial charge in [0, 0.05) is 17.5 Å². The van der Waals surface area contributed by atoms with Crippen LogP contribution in [0.4, 0.5) is 0 Å². The average Bonchev–Trinajstić information content (AvgIpc) is 2.99. The van der Waals surface area contributed by atoms with E-state index in [4.69, 9.17) is 0 Å². The van der Waals surface area contributed by atoms with E-state index in [0.29, 0.717) is 5.69 Å². The first kappa shape index (κ1) is 16.3. The van der Waals surface area contributed by atoms with E-state index in [1.807, 2.05) is 62.5 Å². The summed E-state index contributed by atoms with van der Waals surface area (Å²) in [6.07, 6.45) is 7.49. The van der Waals surface area contributed by atoms with Crippen molar-refractivity contribution < 1.29 is 0 Å². The molecular weight excluding hydrogens is 282 g/mol. The van der Waals surface area contributed by atoms with Crippen molar-refractivity contribution in [1.29, 1.82) is 5.26 Å². The molecule has 114 valence electrons. The van der Waals surface area contributed by atoms with Crippen molar-refractivity contribution >= 4 is 5.70 Å². The molecule has 3 heteroatoms. The predicted molar refractivity (Wildman–Crippen MR) is 95.4 cm³/mol. The summed E-state index contributed by atoms with van der Waals surface area (Å²) in [5.41, 5.74) is 5.04. The maximum Gasteiger partial charge on any atom is 0.170 e. The van der Waals surface area contributed by atoms with E-state index in [1.165, 1.54) is 0 Å². The van der Waals surface area contributed by atoms with Crippen LogP contribution in [0.1, 0.15) is 19.5 Å². The molecule has 1 heterocycles. The predicted octanol–water partition coefficient (Wildman–Crippen LogP) is 4.97. The molecule has 0 aliphatic carbocycles. The van der Waals surface area contributed by atoms with Gasteiger partial charge >= 0.3 is 0 Å². The van der Waals surface area contributed by atoms with Crippen LogP contribution in [0.25, 0.3) is 16.8 Å². The van der Waals surface area contributed by atoms with Crippen molar-refractivity contribution in [2.45, 2.75) is 13.8 Å². The minimum absolute atomic E-state index is 0.411. The molecule has 0 atom stereocenters. The fourth-order valence-corrected chi connectivity index (χ4v) is 2.20. The van der Waals surface area contributed by atoms with Crippen LogP contribution < -0.4 is 0 Å². The normalized spacial score (nSPS) is 11.9. The summed E-state index contributed by atoms with van der Waals surface area (Å²) in [4.78, 5) is 0. The molecule has 0 fully saturated rings. The first-order valence-corrected chi connectivity index (χ1v) is 7.29. The zero-order chi connectivity index (χ0) is 16.8. The van der Waals surface area contributed by atoms with E-state index in [2.05, 4.69) is 24.3 Å². The van der Waals surface area contributed by atoms with E-state index >= 15 is 0 Å². The minimum Gasteiger partial charge on any atom is -0.243 e. The Morgan fingerprint density at radius 3 is 2.52 bits per heavy atom. The first-order chi connectivity index (χ1) is 11.1. The molecule has 0 saturated carbocycles. The van der Waals surface area contributed by atoms with Crippen molar-refractivity contribution in [3.05, 3.63) is 84.8 Å². The van der Waals surface area contributed by atoms with Gasteiger partial charge in [-0.3, -0.25) is 0 Å². The highest BCUT2D eigenvalue weighted by atomic mass is 15.3. The van der Waals surface area contributed by atoms with Crippen LogP contribution in [0.3, 0.4) is 0 Å². The Morgan fingerprint density at radius 1 is 1.26 bits per heavy atom. The molecule has 0 radical (unpaired) electrons. The third-order valence-electron chi connectivity index (χ3n) is 3.42. The van der Waals surface area contributed by atoms with Crippen molar-refractivity contribution in [1.82, 2.24) is 9.78 Å². The van der Waals surface area contributed by atoms with Gasteiger partial charge in [0.25, 0.3) is 0 Å². The van der Waals surface area contributed by atoms with Gasteiger partial charge < -0.3 is 0 Å². The molecule has 2 aromatic rings.